The molecule has 0 heterocycles. The van der Waals surface area contributed by atoms with Crippen molar-refractivity contribution in [2.75, 3.05) is 13.2 Å². The summed E-state index contributed by atoms with van der Waals surface area (Å²) in [5.41, 5.74) is 9.97. The average Bonchev–Trinajstić information content (AvgIpc) is 1.61. The first-order chi connectivity index (χ1) is 3.27. The molecule has 0 aliphatic carbocycles. The summed E-state index contributed by atoms with van der Waals surface area (Å²) in [6.45, 7) is 0.868. The van der Waals surface area contributed by atoms with Crippen LogP contribution in [0.2, 0.25) is 0 Å². The van der Waals surface area contributed by atoms with Gasteiger partial charge < -0.3 is 16.2 Å². The zero-order valence-corrected chi connectivity index (χ0v) is 4.70. The van der Waals surface area contributed by atoms with E-state index in [2.05, 4.69) is 17.0 Å². The summed E-state index contributed by atoms with van der Waals surface area (Å²) in [5, 5.41) is 0.0606. The van der Waals surface area contributed by atoms with Gasteiger partial charge in [-0.2, -0.15) is 0 Å². The molecule has 0 rings (SSSR count). The Kier molecular flexibility index (Phi) is 3.64. The molecule has 7 heavy (non-hydrogen) atoms. The van der Waals surface area contributed by atoms with Crippen LogP contribution in [0, 0.1) is 0 Å². The molecule has 0 saturated heterocycles. The third-order valence-corrected chi connectivity index (χ3v) is 0.480. The fraction of sp³-hybridized carbons (Fsp3) is 0.667. The lowest BCUT2D eigenvalue weighted by Crippen LogP contribution is -2.17. The van der Waals surface area contributed by atoms with Gasteiger partial charge in [0.25, 0.3) is 5.17 Å². The zero-order valence-electron chi connectivity index (χ0n) is 3.89. The second kappa shape index (κ2) is 3.83. The van der Waals surface area contributed by atoms with Crippen LogP contribution in [-0.2, 0) is 4.74 Å². The van der Waals surface area contributed by atoms with Crippen molar-refractivity contribution in [2.24, 2.45) is 11.5 Å². The molecule has 0 saturated carbocycles. The van der Waals surface area contributed by atoms with Crippen LogP contribution < -0.4 is 11.5 Å². The summed E-state index contributed by atoms with van der Waals surface area (Å²) in [6.07, 6.45) is 0. The highest BCUT2D eigenvalue weighted by molar-refractivity contribution is 7.80. The Bertz CT molecular complexity index is 66.0. The average molecular weight is 120 g/mol. The lowest BCUT2D eigenvalue weighted by Gasteiger charge is -1.96. The van der Waals surface area contributed by atoms with Crippen molar-refractivity contribution in [3.63, 3.8) is 0 Å². The van der Waals surface area contributed by atoms with Crippen molar-refractivity contribution >= 4 is 17.4 Å². The van der Waals surface area contributed by atoms with E-state index in [1.807, 2.05) is 0 Å². The van der Waals surface area contributed by atoms with Crippen LogP contribution in [0.15, 0.2) is 0 Å². The van der Waals surface area contributed by atoms with E-state index in [9.17, 15) is 0 Å². The number of ether oxygens (including phenoxy) is 1. The Morgan fingerprint density at radius 2 is 2.29 bits per heavy atom. The number of rotatable bonds is 2. The van der Waals surface area contributed by atoms with Crippen LogP contribution in [0.4, 0.5) is 0 Å². The molecule has 0 aromatic heterocycles. The van der Waals surface area contributed by atoms with Crippen molar-refractivity contribution in [3.05, 3.63) is 0 Å². The molecule has 42 valence electrons. The van der Waals surface area contributed by atoms with Gasteiger partial charge in [0, 0.05) is 6.54 Å². The molecule has 0 bridgehead atoms. The highest BCUT2D eigenvalue weighted by Gasteiger charge is 1.81. The highest BCUT2D eigenvalue weighted by Crippen LogP contribution is 1.68. The minimum Gasteiger partial charge on any atom is -0.470 e. The Balaban J connectivity index is 2.82. The van der Waals surface area contributed by atoms with Gasteiger partial charge in [0.2, 0.25) is 0 Å². The van der Waals surface area contributed by atoms with E-state index in [1.54, 1.807) is 0 Å². The largest absolute Gasteiger partial charge is 0.470 e. The molecule has 4 N–H and O–H groups in total. The Morgan fingerprint density at radius 3 is 2.43 bits per heavy atom. The standard InChI is InChI=1S/C3H8N2OS/c4-1-2-6-3(5)7/h1-2,4H2,(H2,5,7). The lowest BCUT2D eigenvalue weighted by atomic mass is 10.7. The minimum absolute atomic E-state index is 0.0606. The number of nitrogens with two attached hydrogens (primary N) is 2. The third-order valence-electron chi connectivity index (χ3n) is 0.362. The summed E-state index contributed by atoms with van der Waals surface area (Å²) in [5.74, 6) is 0. The molecule has 0 aromatic carbocycles. The number of thiocarbonyl (C=S) groups is 1. The van der Waals surface area contributed by atoms with Crippen LogP contribution in [0.1, 0.15) is 0 Å². The Hall–Kier alpha value is -0.350. The SMILES string of the molecule is NCCOC(N)=S. The Morgan fingerprint density at radius 1 is 1.71 bits per heavy atom. The first kappa shape index (κ1) is 6.65. The van der Waals surface area contributed by atoms with Crippen LogP contribution in [-0.4, -0.2) is 18.3 Å². The summed E-state index contributed by atoms with van der Waals surface area (Å²) in [4.78, 5) is 0. The topological polar surface area (TPSA) is 61.3 Å². The molecule has 0 spiro atoms. The van der Waals surface area contributed by atoms with Crippen LogP contribution in [0.3, 0.4) is 0 Å². The third kappa shape index (κ3) is 5.65. The first-order valence-electron chi connectivity index (χ1n) is 1.89. The van der Waals surface area contributed by atoms with Gasteiger partial charge in [0.15, 0.2) is 0 Å². The monoisotopic (exact) mass is 120 g/mol. The highest BCUT2D eigenvalue weighted by atomic mass is 32.1. The van der Waals surface area contributed by atoms with E-state index < -0.39 is 0 Å². The molecule has 0 fully saturated rings. The summed E-state index contributed by atoms with van der Waals surface area (Å²) in [7, 11) is 0. The normalized spacial score (nSPS) is 8.14. The maximum atomic E-state index is 5.04. The van der Waals surface area contributed by atoms with E-state index in [4.69, 9.17) is 11.5 Å². The molecule has 0 unspecified atom stereocenters. The smallest absolute Gasteiger partial charge is 0.253 e. The van der Waals surface area contributed by atoms with E-state index >= 15 is 0 Å². The predicted molar refractivity (Wildman–Crippen MR) is 31.8 cm³/mol. The van der Waals surface area contributed by atoms with Crippen LogP contribution >= 0.6 is 12.2 Å². The molecule has 0 aromatic rings. The first-order valence-corrected chi connectivity index (χ1v) is 2.30. The van der Waals surface area contributed by atoms with Gasteiger partial charge in [0.1, 0.15) is 6.61 Å². The maximum absolute atomic E-state index is 5.04. The molecule has 4 heteroatoms. The van der Waals surface area contributed by atoms with Gasteiger partial charge in [-0.15, -0.1) is 0 Å². The zero-order chi connectivity index (χ0) is 5.70. The van der Waals surface area contributed by atoms with Crippen molar-refractivity contribution in [1.29, 1.82) is 0 Å². The second-order valence-corrected chi connectivity index (χ2v) is 1.36. The predicted octanol–water partition coefficient (Wildman–Crippen LogP) is -0.795. The molecule has 0 amide bonds. The fourth-order valence-electron chi connectivity index (χ4n) is 0.160. The second-order valence-electron chi connectivity index (χ2n) is 0.956. The fourth-order valence-corrected chi connectivity index (χ4v) is 0.243. The molecule has 3 nitrogen and oxygen atoms in total. The molecule has 0 aliphatic heterocycles. The van der Waals surface area contributed by atoms with E-state index in [0.29, 0.717) is 13.2 Å². The maximum Gasteiger partial charge on any atom is 0.253 e. The van der Waals surface area contributed by atoms with Gasteiger partial charge in [-0.05, 0) is 12.2 Å². The van der Waals surface area contributed by atoms with Gasteiger partial charge in [-0.3, -0.25) is 0 Å². The van der Waals surface area contributed by atoms with Gasteiger partial charge in [-0.25, -0.2) is 0 Å². The van der Waals surface area contributed by atoms with Crippen molar-refractivity contribution < 1.29 is 4.74 Å². The molecular weight excluding hydrogens is 112 g/mol. The number of hydrogen-bond acceptors (Lipinski definition) is 3. The van der Waals surface area contributed by atoms with Gasteiger partial charge in [0.05, 0.1) is 0 Å². The van der Waals surface area contributed by atoms with Crippen LogP contribution in [0.25, 0.3) is 0 Å². The molecular formula is C3H8N2OS. The van der Waals surface area contributed by atoms with E-state index in [-0.39, 0.29) is 5.17 Å². The van der Waals surface area contributed by atoms with Crippen molar-refractivity contribution in [2.45, 2.75) is 0 Å². The molecule has 0 radical (unpaired) electrons. The number of hydrogen-bond donors (Lipinski definition) is 2. The van der Waals surface area contributed by atoms with Gasteiger partial charge >= 0.3 is 0 Å². The minimum atomic E-state index is 0.0606. The van der Waals surface area contributed by atoms with Crippen molar-refractivity contribution in [3.8, 4) is 0 Å². The molecule has 0 aliphatic rings. The van der Waals surface area contributed by atoms with Crippen LogP contribution in [0.5, 0.6) is 0 Å². The summed E-state index contributed by atoms with van der Waals surface area (Å²) in [6, 6.07) is 0. The summed E-state index contributed by atoms with van der Waals surface area (Å²) < 4.78 is 4.58. The van der Waals surface area contributed by atoms with E-state index in [1.165, 1.54) is 0 Å². The Labute approximate surface area is 47.6 Å². The quantitative estimate of drug-likeness (QED) is 0.469. The van der Waals surface area contributed by atoms with Crippen molar-refractivity contribution in [1.82, 2.24) is 0 Å². The summed E-state index contributed by atoms with van der Waals surface area (Å²) >= 11 is 4.36. The molecule has 0 atom stereocenters. The van der Waals surface area contributed by atoms with E-state index in [0.717, 1.165) is 0 Å². The lowest BCUT2D eigenvalue weighted by molar-refractivity contribution is 0.319. The van der Waals surface area contributed by atoms with Gasteiger partial charge in [-0.1, -0.05) is 0 Å².